The van der Waals surface area contributed by atoms with Crippen LogP contribution >= 0.6 is 0 Å². The van der Waals surface area contributed by atoms with Gasteiger partial charge < -0.3 is 23.6 Å². The zero-order valence-electron chi connectivity index (χ0n) is 23.0. The molecule has 1 N–H and O–H groups in total. The predicted octanol–water partition coefficient (Wildman–Crippen LogP) is 3.40. The molecule has 0 saturated carbocycles. The van der Waals surface area contributed by atoms with E-state index in [2.05, 4.69) is 14.9 Å². The molecule has 1 aromatic carbocycles. The Kier molecular flexibility index (Phi) is 7.58. The van der Waals surface area contributed by atoms with E-state index < -0.39 is 23.1 Å². The highest BCUT2D eigenvalue weighted by atomic mass is 16.5. The second kappa shape index (κ2) is 11.6. The molecule has 4 aromatic rings. The number of carbonyl (C=O) groups excluding carboxylic acids is 1. The van der Waals surface area contributed by atoms with Crippen LogP contribution in [-0.4, -0.2) is 50.7 Å². The number of ether oxygens (including phenoxy) is 2. The molecule has 1 fully saturated rings. The summed E-state index contributed by atoms with van der Waals surface area (Å²) >= 11 is 0. The Morgan fingerprint density at radius 3 is 2.69 bits per heavy atom. The van der Waals surface area contributed by atoms with Gasteiger partial charge in [-0.05, 0) is 42.2 Å². The zero-order valence-corrected chi connectivity index (χ0v) is 23.0. The van der Waals surface area contributed by atoms with Gasteiger partial charge in [-0.1, -0.05) is 18.2 Å². The lowest BCUT2D eigenvalue weighted by Crippen LogP contribution is -2.46. The van der Waals surface area contributed by atoms with Crippen LogP contribution in [0.25, 0.3) is 0 Å². The third kappa shape index (κ3) is 5.68. The van der Waals surface area contributed by atoms with E-state index in [0.717, 1.165) is 18.7 Å². The number of aromatic nitrogens is 3. The van der Waals surface area contributed by atoms with E-state index in [9.17, 15) is 19.5 Å². The number of fused-ring (bicyclic) bond motifs is 4. The van der Waals surface area contributed by atoms with Crippen LogP contribution < -0.4 is 15.7 Å². The molecule has 3 atom stereocenters. The number of esters is 1. The number of hydrogen-bond acceptors (Lipinski definition) is 10. The molecule has 0 amide bonds. The fourth-order valence-corrected chi connectivity index (χ4v) is 6.06. The quantitative estimate of drug-likeness (QED) is 0.314. The summed E-state index contributed by atoms with van der Waals surface area (Å²) in [5, 5.41) is 10.9. The summed E-state index contributed by atoms with van der Waals surface area (Å²) in [5.74, 6) is -0.683. The van der Waals surface area contributed by atoms with Crippen molar-refractivity contribution in [2.24, 2.45) is 5.92 Å². The molecule has 42 heavy (non-hydrogen) atoms. The number of methoxy groups -OCH3 is 1. The summed E-state index contributed by atoms with van der Waals surface area (Å²) in [6, 6.07) is 15.4. The van der Waals surface area contributed by atoms with Crippen LogP contribution in [-0.2, 0) is 22.6 Å². The van der Waals surface area contributed by atoms with Gasteiger partial charge in [-0.2, -0.15) is 0 Å². The molecule has 2 bridgehead atoms. The van der Waals surface area contributed by atoms with Crippen LogP contribution in [0, 0.1) is 5.92 Å². The molecule has 3 aromatic heterocycles. The van der Waals surface area contributed by atoms with Gasteiger partial charge in [0, 0.05) is 55.8 Å². The van der Waals surface area contributed by atoms with Crippen LogP contribution in [0.1, 0.15) is 47.5 Å². The maximum Gasteiger partial charge on any atom is 0.321 e. The first-order valence-corrected chi connectivity index (χ1v) is 13.8. The monoisotopic (exact) mass is 570 g/mol. The summed E-state index contributed by atoms with van der Waals surface area (Å²) < 4.78 is 18.8. The molecule has 6 rings (SSSR count). The average Bonchev–Trinajstić information content (AvgIpc) is 2.99. The molecule has 11 nitrogen and oxygen atoms in total. The Bertz CT molecular complexity index is 1720. The fourth-order valence-electron chi connectivity index (χ4n) is 6.06. The highest BCUT2D eigenvalue weighted by molar-refractivity contribution is 5.71. The maximum atomic E-state index is 13.0. The van der Waals surface area contributed by atoms with Crippen molar-refractivity contribution in [2.45, 2.75) is 37.8 Å². The SMILES string of the molecule is COC(=O)CC(c1cccc(Oc2ncccn2)c1)c1oc(CN2C[C@H]3C[C@@H](C2)c2cccc(=O)n2C3)cc(=O)c1O. The maximum absolute atomic E-state index is 13.0. The van der Waals surface area contributed by atoms with Gasteiger partial charge in [-0.15, -0.1) is 0 Å². The van der Waals surface area contributed by atoms with Crippen LogP contribution in [0.4, 0.5) is 0 Å². The largest absolute Gasteiger partial charge is 0.502 e. The molecule has 216 valence electrons. The summed E-state index contributed by atoms with van der Waals surface area (Å²) in [5.41, 5.74) is 1.02. The first-order chi connectivity index (χ1) is 20.4. The number of pyridine rings is 1. The van der Waals surface area contributed by atoms with E-state index in [-0.39, 0.29) is 29.7 Å². The topological polar surface area (TPSA) is 137 Å². The number of benzene rings is 1. The van der Waals surface area contributed by atoms with Gasteiger partial charge in [0.25, 0.3) is 5.56 Å². The Hall–Kier alpha value is -4.77. The third-order valence-corrected chi connectivity index (χ3v) is 7.86. The molecule has 2 aliphatic heterocycles. The summed E-state index contributed by atoms with van der Waals surface area (Å²) in [4.78, 5) is 48.2. The lowest BCUT2D eigenvalue weighted by Gasteiger charge is -2.42. The van der Waals surface area contributed by atoms with Crippen molar-refractivity contribution in [3.8, 4) is 17.5 Å². The zero-order chi connectivity index (χ0) is 29.2. The molecular weight excluding hydrogens is 540 g/mol. The van der Waals surface area contributed by atoms with Gasteiger partial charge in [-0.25, -0.2) is 9.97 Å². The van der Waals surface area contributed by atoms with E-state index in [1.54, 1.807) is 54.9 Å². The number of nitrogens with zero attached hydrogens (tertiary/aromatic N) is 4. The van der Waals surface area contributed by atoms with Crippen molar-refractivity contribution in [1.29, 1.82) is 0 Å². The van der Waals surface area contributed by atoms with Gasteiger partial charge in [-0.3, -0.25) is 19.3 Å². The van der Waals surface area contributed by atoms with E-state index in [4.69, 9.17) is 13.9 Å². The molecule has 0 aliphatic carbocycles. The van der Waals surface area contributed by atoms with Crippen LogP contribution in [0.3, 0.4) is 0 Å². The normalized spacial score (nSPS) is 18.6. The van der Waals surface area contributed by atoms with Crippen molar-refractivity contribution < 1.29 is 23.8 Å². The number of rotatable bonds is 8. The second-order valence-electron chi connectivity index (χ2n) is 10.7. The van der Waals surface area contributed by atoms with Gasteiger partial charge in [0.1, 0.15) is 11.5 Å². The lowest BCUT2D eigenvalue weighted by atomic mass is 9.83. The van der Waals surface area contributed by atoms with Crippen molar-refractivity contribution in [1.82, 2.24) is 19.4 Å². The van der Waals surface area contributed by atoms with Gasteiger partial charge in [0.2, 0.25) is 11.2 Å². The Labute approximate surface area is 241 Å². The number of hydrogen-bond donors (Lipinski definition) is 1. The summed E-state index contributed by atoms with van der Waals surface area (Å²) in [7, 11) is 1.28. The van der Waals surface area contributed by atoms with Gasteiger partial charge in [0.05, 0.1) is 26.0 Å². The van der Waals surface area contributed by atoms with Crippen molar-refractivity contribution in [3.05, 3.63) is 110 Å². The molecule has 2 aliphatic rings. The van der Waals surface area contributed by atoms with E-state index in [1.807, 2.05) is 10.6 Å². The highest BCUT2D eigenvalue weighted by Crippen LogP contribution is 2.37. The molecular formula is C31H30N4O7. The number of aromatic hydroxyl groups is 1. The summed E-state index contributed by atoms with van der Waals surface area (Å²) in [6.07, 6.45) is 3.93. The highest BCUT2D eigenvalue weighted by Gasteiger charge is 2.35. The lowest BCUT2D eigenvalue weighted by molar-refractivity contribution is -0.140. The minimum Gasteiger partial charge on any atom is -0.502 e. The smallest absolute Gasteiger partial charge is 0.321 e. The second-order valence-corrected chi connectivity index (χ2v) is 10.7. The molecule has 1 unspecified atom stereocenters. The fraction of sp³-hybridized carbons (Fsp3) is 0.323. The van der Waals surface area contributed by atoms with E-state index in [1.165, 1.54) is 13.2 Å². The first-order valence-electron chi connectivity index (χ1n) is 13.8. The van der Waals surface area contributed by atoms with Crippen LogP contribution in [0.2, 0.25) is 0 Å². The van der Waals surface area contributed by atoms with E-state index >= 15 is 0 Å². The Morgan fingerprint density at radius 2 is 1.88 bits per heavy atom. The Morgan fingerprint density at radius 1 is 1.07 bits per heavy atom. The number of carbonyl (C=O) groups is 1. The first kappa shape index (κ1) is 27.4. The van der Waals surface area contributed by atoms with Crippen molar-refractivity contribution in [3.63, 3.8) is 0 Å². The Balaban J connectivity index is 1.30. The van der Waals surface area contributed by atoms with Crippen LogP contribution in [0.5, 0.6) is 17.5 Å². The van der Waals surface area contributed by atoms with Crippen molar-refractivity contribution >= 4 is 5.97 Å². The van der Waals surface area contributed by atoms with Crippen molar-refractivity contribution in [2.75, 3.05) is 20.2 Å². The summed E-state index contributed by atoms with van der Waals surface area (Å²) in [6.45, 7) is 2.43. The third-order valence-electron chi connectivity index (χ3n) is 7.86. The van der Waals surface area contributed by atoms with Crippen LogP contribution in [0.15, 0.2) is 81.0 Å². The molecule has 0 spiro atoms. The number of likely N-dealkylation sites (tertiary alicyclic amines) is 1. The molecule has 11 heteroatoms. The minimum atomic E-state index is -0.829. The van der Waals surface area contributed by atoms with Gasteiger partial charge >= 0.3 is 12.0 Å². The standard InChI is InChI=1S/C31H30N4O7/c1-40-28(38)14-24(20-5-2-6-22(12-20)42-31-32-9-4-10-33-31)30-29(39)26(36)13-23(41-30)18-34-15-19-11-21(17-34)25-7-3-8-27(37)35(25)16-19/h2-10,12-13,19,21,24,39H,11,14-18H2,1H3/t19-,21+,24?/m1/s1. The average molecular weight is 571 g/mol. The molecule has 1 saturated heterocycles. The molecule has 5 heterocycles. The van der Waals surface area contributed by atoms with Gasteiger partial charge in [0.15, 0.2) is 5.76 Å². The number of piperidine rings is 1. The van der Waals surface area contributed by atoms with E-state index in [0.29, 0.717) is 42.6 Å². The predicted molar refractivity (Wildman–Crippen MR) is 150 cm³/mol. The molecule has 0 radical (unpaired) electrons. The minimum absolute atomic E-state index is 0.0206.